The lowest BCUT2D eigenvalue weighted by Gasteiger charge is -2.32. The third-order valence-corrected chi connectivity index (χ3v) is 6.72. The number of aromatic nitrogens is 1. The number of nitrogens with one attached hydrogen (secondary N) is 1. The number of benzene rings is 1. The number of hydrogen-bond donors (Lipinski definition) is 1. The molecule has 1 aliphatic rings. The maximum atomic E-state index is 13.5. The molecule has 6 nitrogen and oxygen atoms in total. The van der Waals surface area contributed by atoms with Crippen molar-refractivity contribution < 1.29 is 13.2 Å². The van der Waals surface area contributed by atoms with Gasteiger partial charge in [-0.3, -0.25) is 0 Å². The quantitative estimate of drug-likeness (QED) is 0.902. The summed E-state index contributed by atoms with van der Waals surface area (Å²) in [5, 5.41) is 4.71. The second-order valence-electron chi connectivity index (χ2n) is 6.66. The minimum atomic E-state index is -3.62. The molecule has 0 spiro atoms. The first-order chi connectivity index (χ1) is 12.0. The standard InChI is InChI=1S/C18H25N3O3S/c1-13(2)16-12-19-9-5-11-21(16)25(22,23)17-7-4-6-15-14(17)8-10-20-18(15)24-3/h4,6-8,10,13,16,19H,5,9,11-12H2,1-3H3/t16-/m1/s1. The molecule has 0 unspecified atom stereocenters. The van der Waals surface area contributed by atoms with Crippen LogP contribution < -0.4 is 10.1 Å². The molecular weight excluding hydrogens is 338 g/mol. The van der Waals surface area contributed by atoms with Gasteiger partial charge in [0, 0.05) is 36.1 Å². The number of nitrogens with zero attached hydrogens (tertiary/aromatic N) is 2. The van der Waals surface area contributed by atoms with Gasteiger partial charge in [-0.05, 0) is 37.1 Å². The zero-order valence-corrected chi connectivity index (χ0v) is 15.7. The fraction of sp³-hybridized carbons (Fsp3) is 0.500. The lowest BCUT2D eigenvalue weighted by atomic mass is 10.1. The Morgan fingerprint density at radius 1 is 1.28 bits per heavy atom. The molecule has 0 radical (unpaired) electrons. The first kappa shape index (κ1) is 18.1. The highest BCUT2D eigenvalue weighted by atomic mass is 32.2. The van der Waals surface area contributed by atoms with Crippen LogP contribution in [0.4, 0.5) is 0 Å². The van der Waals surface area contributed by atoms with Crippen LogP contribution in [0.2, 0.25) is 0 Å². The second kappa shape index (κ2) is 7.27. The molecule has 2 aromatic rings. The van der Waals surface area contributed by atoms with Crippen molar-refractivity contribution in [2.45, 2.75) is 31.2 Å². The Labute approximate surface area is 149 Å². The summed E-state index contributed by atoms with van der Waals surface area (Å²) in [5.74, 6) is 0.666. The highest BCUT2D eigenvalue weighted by Gasteiger charge is 2.35. The van der Waals surface area contributed by atoms with E-state index in [2.05, 4.69) is 24.1 Å². The summed E-state index contributed by atoms with van der Waals surface area (Å²) in [7, 11) is -2.08. The average Bonchev–Trinajstić information content (AvgIpc) is 2.87. The fourth-order valence-electron chi connectivity index (χ4n) is 3.41. The van der Waals surface area contributed by atoms with Gasteiger partial charge in [-0.15, -0.1) is 0 Å². The molecule has 1 saturated heterocycles. The summed E-state index contributed by atoms with van der Waals surface area (Å²) in [4.78, 5) is 4.50. The average molecular weight is 363 g/mol. The van der Waals surface area contributed by atoms with Crippen LogP contribution in [0.15, 0.2) is 35.4 Å². The summed E-state index contributed by atoms with van der Waals surface area (Å²) in [5.41, 5.74) is 0. The third-order valence-electron chi connectivity index (χ3n) is 4.73. The van der Waals surface area contributed by atoms with E-state index < -0.39 is 10.0 Å². The SMILES string of the molecule is COc1nccc2c(S(=O)(=O)N3CCCNC[C@@H]3C(C)C)cccc12. The summed E-state index contributed by atoms with van der Waals surface area (Å²) in [6, 6.07) is 6.94. The zero-order chi connectivity index (χ0) is 18.0. The van der Waals surface area contributed by atoms with Crippen molar-refractivity contribution >= 4 is 20.8 Å². The monoisotopic (exact) mass is 363 g/mol. The van der Waals surface area contributed by atoms with Crippen molar-refractivity contribution in [1.29, 1.82) is 0 Å². The van der Waals surface area contributed by atoms with Crippen molar-refractivity contribution in [1.82, 2.24) is 14.6 Å². The fourth-order valence-corrected chi connectivity index (χ4v) is 5.41. The minimum absolute atomic E-state index is 0.0634. The summed E-state index contributed by atoms with van der Waals surface area (Å²) >= 11 is 0. The van der Waals surface area contributed by atoms with E-state index in [1.807, 2.05) is 6.07 Å². The van der Waals surface area contributed by atoms with E-state index in [-0.39, 0.29) is 12.0 Å². The number of methoxy groups -OCH3 is 1. The van der Waals surface area contributed by atoms with Gasteiger partial charge in [-0.1, -0.05) is 19.9 Å². The Morgan fingerprint density at radius 3 is 2.80 bits per heavy atom. The molecular formula is C18H25N3O3S. The van der Waals surface area contributed by atoms with Crippen LogP contribution >= 0.6 is 0 Å². The van der Waals surface area contributed by atoms with Crippen LogP contribution in [0, 0.1) is 5.92 Å². The van der Waals surface area contributed by atoms with E-state index in [1.165, 1.54) is 7.11 Å². The van der Waals surface area contributed by atoms with E-state index in [0.717, 1.165) is 13.0 Å². The number of ether oxygens (including phenoxy) is 1. The van der Waals surface area contributed by atoms with Gasteiger partial charge in [0.25, 0.3) is 0 Å². The molecule has 0 saturated carbocycles. The highest BCUT2D eigenvalue weighted by Crippen LogP contribution is 2.32. The largest absolute Gasteiger partial charge is 0.481 e. The first-order valence-corrected chi connectivity index (χ1v) is 10.0. The normalized spacial score (nSPS) is 19.9. The molecule has 1 N–H and O–H groups in total. The van der Waals surface area contributed by atoms with Gasteiger partial charge >= 0.3 is 0 Å². The Morgan fingerprint density at radius 2 is 2.08 bits per heavy atom. The Kier molecular flexibility index (Phi) is 5.27. The molecule has 1 aliphatic heterocycles. The lowest BCUT2D eigenvalue weighted by molar-refractivity contribution is 0.271. The summed E-state index contributed by atoms with van der Waals surface area (Å²) in [6.45, 7) is 6.16. The van der Waals surface area contributed by atoms with Crippen LogP contribution in [0.25, 0.3) is 10.8 Å². The molecule has 136 valence electrons. The Bertz CT molecular complexity index is 852. The molecule has 0 bridgehead atoms. The van der Waals surface area contributed by atoms with Crippen LogP contribution in [-0.4, -0.2) is 50.5 Å². The van der Waals surface area contributed by atoms with Crippen LogP contribution in [0.3, 0.4) is 0 Å². The molecule has 3 rings (SSSR count). The predicted octanol–water partition coefficient (Wildman–Crippen LogP) is 2.25. The van der Waals surface area contributed by atoms with E-state index in [4.69, 9.17) is 4.74 Å². The van der Waals surface area contributed by atoms with Crippen LogP contribution in [-0.2, 0) is 10.0 Å². The van der Waals surface area contributed by atoms with Gasteiger partial charge in [0.15, 0.2) is 0 Å². The van der Waals surface area contributed by atoms with Gasteiger partial charge in [-0.2, -0.15) is 4.31 Å². The Hall–Kier alpha value is -1.70. The molecule has 25 heavy (non-hydrogen) atoms. The minimum Gasteiger partial charge on any atom is -0.481 e. The highest BCUT2D eigenvalue weighted by molar-refractivity contribution is 7.89. The lowest BCUT2D eigenvalue weighted by Crippen LogP contribution is -2.46. The van der Waals surface area contributed by atoms with Gasteiger partial charge in [0.2, 0.25) is 15.9 Å². The molecule has 0 amide bonds. The molecule has 1 atom stereocenters. The molecule has 0 aliphatic carbocycles. The van der Waals surface area contributed by atoms with Gasteiger partial charge in [0.05, 0.1) is 12.0 Å². The van der Waals surface area contributed by atoms with E-state index in [9.17, 15) is 8.42 Å². The number of pyridine rings is 1. The van der Waals surface area contributed by atoms with Crippen LogP contribution in [0.5, 0.6) is 5.88 Å². The molecule has 1 fully saturated rings. The summed E-state index contributed by atoms with van der Waals surface area (Å²) in [6.07, 6.45) is 2.39. The van der Waals surface area contributed by atoms with Crippen molar-refractivity contribution in [3.63, 3.8) is 0 Å². The van der Waals surface area contributed by atoms with Crippen molar-refractivity contribution in [3.05, 3.63) is 30.5 Å². The van der Waals surface area contributed by atoms with Gasteiger partial charge < -0.3 is 10.1 Å². The van der Waals surface area contributed by atoms with Gasteiger partial charge in [-0.25, -0.2) is 13.4 Å². The van der Waals surface area contributed by atoms with Crippen LogP contribution in [0.1, 0.15) is 20.3 Å². The topological polar surface area (TPSA) is 71.5 Å². The second-order valence-corrected chi connectivity index (χ2v) is 8.52. The molecule has 7 heteroatoms. The smallest absolute Gasteiger partial charge is 0.243 e. The van der Waals surface area contributed by atoms with E-state index in [0.29, 0.717) is 34.6 Å². The van der Waals surface area contributed by atoms with Crippen molar-refractivity contribution in [2.24, 2.45) is 5.92 Å². The molecule has 1 aromatic heterocycles. The maximum Gasteiger partial charge on any atom is 0.243 e. The summed E-state index contributed by atoms with van der Waals surface area (Å²) < 4.78 is 34.0. The van der Waals surface area contributed by atoms with Gasteiger partial charge in [0.1, 0.15) is 0 Å². The molecule has 1 aromatic carbocycles. The zero-order valence-electron chi connectivity index (χ0n) is 14.9. The molecule has 2 heterocycles. The van der Waals surface area contributed by atoms with E-state index >= 15 is 0 Å². The predicted molar refractivity (Wildman–Crippen MR) is 98.3 cm³/mol. The number of rotatable bonds is 4. The Balaban J connectivity index is 2.15. The third kappa shape index (κ3) is 3.36. The van der Waals surface area contributed by atoms with Crippen molar-refractivity contribution in [2.75, 3.05) is 26.7 Å². The number of fused-ring (bicyclic) bond motifs is 1. The number of hydrogen-bond acceptors (Lipinski definition) is 5. The maximum absolute atomic E-state index is 13.5. The number of sulfonamides is 1. The first-order valence-electron chi connectivity index (χ1n) is 8.61. The van der Waals surface area contributed by atoms with E-state index in [1.54, 1.807) is 28.7 Å². The van der Waals surface area contributed by atoms with Crippen molar-refractivity contribution in [3.8, 4) is 5.88 Å².